The SMILES string of the molecule is CC(C)c1cc(=O)[nH]c(SCC(=O)Nc2ccccc2)n1. The molecular weight excluding hydrogens is 286 g/mol. The number of aromatic amines is 1. The lowest BCUT2D eigenvalue weighted by atomic mass is 10.1. The fraction of sp³-hybridized carbons (Fsp3) is 0.267. The number of rotatable bonds is 5. The maximum Gasteiger partial charge on any atom is 0.251 e. The van der Waals surface area contributed by atoms with Gasteiger partial charge in [-0.05, 0) is 18.1 Å². The Morgan fingerprint density at radius 2 is 2.05 bits per heavy atom. The lowest BCUT2D eigenvalue weighted by Crippen LogP contribution is -2.16. The number of carbonyl (C=O) groups excluding carboxylic acids is 1. The van der Waals surface area contributed by atoms with Crippen LogP contribution in [-0.4, -0.2) is 21.6 Å². The van der Waals surface area contributed by atoms with Gasteiger partial charge in [-0.3, -0.25) is 9.59 Å². The number of hydrogen-bond acceptors (Lipinski definition) is 4. The zero-order valence-electron chi connectivity index (χ0n) is 11.9. The average Bonchev–Trinajstić information content (AvgIpc) is 2.45. The summed E-state index contributed by atoms with van der Waals surface area (Å²) in [5, 5.41) is 3.25. The Labute approximate surface area is 127 Å². The van der Waals surface area contributed by atoms with Crippen LogP contribution < -0.4 is 10.9 Å². The number of nitrogens with one attached hydrogen (secondary N) is 2. The number of amides is 1. The monoisotopic (exact) mass is 303 g/mol. The number of benzene rings is 1. The first-order chi connectivity index (χ1) is 10.0. The van der Waals surface area contributed by atoms with Gasteiger partial charge in [0.2, 0.25) is 5.91 Å². The van der Waals surface area contributed by atoms with E-state index in [1.54, 1.807) is 0 Å². The number of hydrogen-bond donors (Lipinski definition) is 2. The highest BCUT2D eigenvalue weighted by Crippen LogP contribution is 2.16. The van der Waals surface area contributed by atoms with Crippen molar-refractivity contribution in [1.29, 1.82) is 0 Å². The van der Waals surface area contributed by atoms with E-state index in [0.29, 0.717) is 5.16 Å². The van der Waals surface area contributed by atoms with E-state index >= 15 is 0 Å². The summed E-state index contributed by atoms with van der Waals surface area (Å²) in [6, 6.07) is 10.7. The van der Waals surface area contributed by atoms with Crippen molar-refractivity contribution in [3.8, 4) is 0 Å². The molecule has 0 aliphatic carbocycles. The lowest BCUT2D eigenvalue weighted by Gasteiger charge is -2.07. The summed E-state index contributed by atoms with van der Waals surface area (Å²) in [4.78, 5) is 30.4. The molecule has 0 bridgehead atoms. The van der Waals surface area contributed by atoms with Crippen LogP contribution >= 0.6 is 11.8 Å². The minimum atomic E-state index is -0.195. The third kappa shape index (κ3) is 4.75. The van der Waals surface area contributed by atoms with Crippen LogP contribution in [0.3, 0.4) is 0 Å². The zero-order chi connectivity index (χ0) is 15.2. The molecule has 2 rings (SSSR count). The van der Waals surface area contributed by atoms with E-state index in [4.69, 9.17) is 0 Å². The van der Waals surface area contributed by atoms with Crippen molar-refractivity contribution >= 4 is 23.4 Å². The van der Waals surface area contributed by atoms with Gasteiger partial charge in [-0.1, -0.05) is 43.8 Å². The third-order valence-corrected chi connectivity index (χ3v) is 3.60. The van der Waals surface area contributed by atoms with E-state index in [0.717, 1.165) is 11.4 Å². The Kier molecular flexibility index (Phi) is 5.16. The largest absolute Gasteiger partial charge is 0.325 e. The van der Waals surface area contributed by atoms with Gasteiger partial charge in [0.25, 0.3) is 5.56 Å². The molecule has 0 aliphatic rings. The molecule has 0 atom stereocenters. The molecule has 1 heterocycles. The fourth-order valence-corrected chi connectivity index (χ4v) is 2.35. The van der Waals surface area contributed by atoms with Crippen LogP contribution in [0, 0.1) is 0 Å². The number of para-hydroxylation sites is 1. The number of H-pyrrole nitrogens is 1. The van der Waals surface area contributed by atoms with E-state index in [1.807, 2.05) is 44.2 Å². The highest BCUT2D eigenvalue weighted by Gasteiger charge is 2.08. The first-order valence-corrected chi connectivity index (χ1v) is 7.62. The first kappa shape index (κ1) is 15.3. The maximum atomic E-state index is 11.8. The molecule has 2 aromatic rings. The molecular formula is C15H17N3O2S. The molecule has 0 unspecified atom stereocenters. The Morgan fingerprint density at radius 3 is 2.71 bits per heavy atom. The summed E-state index contributed by atoms with van der Waals surface area (Å²) in [5.41, 5.74) is 1.28. The van der Waals surface area contributed by atoms with E-state index in [1.165, 1.54) is 17.8 Å². The second-order valence-electron chi connectivity index (χ2n) is 4.83. The van der Waals surface area contributed by atoms with Crippen molar-refractivity contribution in [3.05, 3.63) is 52.4 Å². The van der Waals surface area contributed by atoms with Crippen molar-refractivity contribution in [2.45, 2.75) is 24.9 Å². The lowest BCUT2D eigenvalue weighted by molar-refractivity contribution is -0.113. The molecule has 6 heteroatoms. The molecule has 5 nitrogen and oxygen atoms in total. The summed E-state index contributed by atoms with van der Waals surface area (Å²) in [5.74, 6) is 0.230. The van der Waals surface area contributed by atoms with Crippen LogP contribution in [0.2, 0.25) is 0 Å². The number of thioether (sulfide) groups is 1. The van der Waals surface area contributed by atoms with Crippen LogP contribution in [0.15, 0.2) is 46.3 Å². The van der Waals surface area contributed by atoms with Crippen LogP contribution in [0.1, 0.15) is 25.5 Å². The molecule has 21 heavy (non-hydrogen) atoms. The number of aromatic nitrogens is 2. The maximum absolute atomic E-state index is 11.8. The molecule has 2 N–H and O–H groups in total. The van der Waals surface area contributed by atoms with Gasteiger partial charge in [-0.25, -0.2) is 4.98 Å². The Bertz CT molecular complexity index is 668. The summed E-state index contributed by atoms with van der Waals surface area (Å²) in [6.45, 7) is 3.94. The average molecular weight is 303 g/mol. The van der Waals surface area contributed by atoms with Crippen LogP contribution in [0.25, 0.3) is 0 Å². The van der Waals surface area contributed by atoms with E-state index < -0.39 is 0 Å². The quantitative estimate of drug-likeness (QED) is 0.657. The van der Waals surface area contributed by atoms with Crippen molar-refractivity contribution in [2.75, 3.05) is 11.1 Å². The molecule has 0 saturated heterocycles. The van der Waals surface area contributed by atoms with Gasteiger partial charge >= 0.3 is 0 Å². The normalized spacial score (nSPS) is 10.6. The topological polar surface area (TPSA) is 74.8 Å². The highest BCUT2D eigenvalue weighted by molar-refractivity contribution is 7.99. The Hall–Kier alpha value is -2.08. The number of carbonyl (C=O) groups is 1. The van der Waals surface area contributed by atoms with Gasteiger partial charge in [-0.2, -0.15) is 0 Å². The molecule has 0 radical (unpaired) electrons. The summed E-state index contributed by atoms with van der Waals surface area (Å²) in [7, 11) is 0. The predicted molar refractivity (Wildman–Crippen MR) is 84.7 cm³/mol. The molecule has 0 spiro atoms. The number of nitrogens with zero attached hydrogens (tertiary/aromatic N) is 1. The van der Waals surface area contributed by atoms with Gasteiger partial charge in [0, 0.05) is 11.8 Å². The standard InChI is InChI=1S/C15H17N3O2S/c1-10(2)12-8-13(19)18-15(17-12)21-9-14(20)16-11-6-4-3-5-7-11/h3-8,10H,9H2,1-2H3,(H,16,20)(H,17,18,19). The molecule has 1 aromatic heterocycles. The second kappa shape index (κ2) is 7.08. The molecule has 0 fully saturated rings. The summed E-state index contributed by atoms with van der Waals surface area (Å²) in [6.07, 6.45) is 0. The van der Waals surface area contributed by atoms with Gasteiger partial charge in [0.15, 0.2) is 5.16 Å². The predicted octanol–water partition coefficient (Wildman–Crippen LogP) is 2.62. The van der Waals surface area contributed by atoms with E-state index in [-0.39, 0.29) is 23.1 Å². The van der Waals surface area contributed by atoms with Gasteiger partial charge in [0.05, 0.1) is 11.4 Å². The minimum Gasteiger partial charge on any atom is -0.325 e. The van der Waals surface area contributed by atoms with Gasteiger partial charge in [0.1, 0.15) is 0 Å². The Morgan fingerprint density at radius 1 is 1.33 bits per heavy atom. The van der Waals surface area contributed by atoms with Gasteiger partial charge < -0.3 is 10.3 Å². The van der Waals surface area contributed by atoms with Crippen LogP contribution in [-0.2, 0) is 4.79 Å². The van der Waals surface area contributed by atoms with Crippen molar-refractivity contribution in [1.82, 2.24) is 9.97 Å². The van der Waals surface area contributed by atoms with Crippen LogP contribution in [0.5, 0.6) is 0 Å². The van der Waals surface area contributed by atoms with Gasteiger partial charge in [-0.15, -0.1) is 0 Å². The van der Waals surface area contributed by atoms with Crippen molar-refractivity contribution in [2.24, 2.45) is 0 Å². The molecule has 1 amide bonds. The third-order valence-electron chi connectivity index (χ3n) is 2.73. The minimum absolute atomic E-state index is 0.135. The fourth-order valence-electron chi connectivity index (χ4n) is 1.67. The summed E-state index contributed by atoms with van der Waals surface area (Å²) >= 11 is 1.21. The zero-order valence-corrected chi connectivity index (χ0v) is 12.7. The number of anilines is 1. The van der Waals surface area contributed by atoms with Crippen molar-refractivity contribution in [3.63, 3.8) is 0 Å². The molecule has 0 aliphatic heterocycles. The highest BCUT2D eigenvalue weighted by atomic mass is 32.2. The smallest absolute Gasteiger partial charge is 0.251 e. The molecule has 110 valence electrons. The first-order valence-electron chi connectivity index (χ1n) is 6.63. The molecule has 1 aromatic carbocycles. The van der Waals surface area contributed by atoms with Crippen LogP contribution in [0.4, 0.5) is 5.69 Å². The Balaban J connectivity index is 1.97. The summed E-state index contributed by atoms with van der Waals surface area (Å²) < 4.78 is 0. The van der Waals surface area contributed by atoms with E-state index in [2.05, 4.69) is 15.3 Å². The van der Waals surface area contributed by atoms with E-state index in [9.17, 15) is 9.59 Å². The van der Waals surface area contributed by atoms with Crippen molar-refractivity contribution < 1.29 is 4.79 Å². The second-order valence-corrected chi connectivity index (χ2v) is 5.80. The molecule has 0 saturated carbocycles.